The minimum Gasteiger partial charge on any atom is -0.435 e. The van der Waals surface area contributed by atoms with Crippen LogP contribution in [0.25, 0.3) is 5.52 Å². The van der Waals surface area contributed by atoms with Crippen LogP contribution >= 0.6 is 0 Å². The number of amides is 1. The first kappa shape index (κ1) is 23.5. The van der Waals surface area contributed by atoms with E-state index < -0.39 is 12.4 Å². The van der Waals surface area contributed by atoms with Gasteiger partial charge in [0.2, 0.25) is 0 Å². The average Bonchev–Trinajstić information content (AvgIpc) is 3.44. The highest BCUT2D eigenvalue weighted by Gasteiger charge is 2.34. The summed E-state index contributed by atoms with van der Waals surface area (Å²) in [6.07, 6.45) is 5.52. The van der Waals surface area contributed by atoms with E-state index in [1.165, 1.54) is 12.1 Å². The summed E-state index contributed by atoms with van der Waals surface area (Å²) in [5, 5.41) is 17.6. The summed E-state index contributed by atoms with van der Waals surface area (Å²) in [5.74, 6) is -0.700. The number of aliphatic hydroxyl groups is 1. The lowest BCUT2D eigenvalue weighted by Gasteiger charge is -2.28. The third-order valence-electron chi connectivity index (χ3n) is 6.81. The molecule has 0 unspecified atom stereocenters. The number of nitrogens with zero attached hydrogens (tertiary/aromatic N) is 3. The summed E-state index contributed by atoms with van der Waals surface area (Å²) in [5.41, 5.74) is 1.55. The molecule has 1 saturated carbocycles. The molecular weight excluding hydrogens is 461 g/mol. The SMILES string of the molecule is O=C(NC1CCC(O)CC1)c1c(N2CCC[C@@H]2c2cc(F)cc(OC(F)F)c2)nn2ccccc12. The number of nitrogens with one attached hydrogen (secondary N) is 1. The number of alkyl halides is 2. The van der Waals surface area contributed by atoms with Crippen LogP contribution in [0.3, 0.4) is 0 Å². The lowest BCUT2D eigenvalue weighted by Crippen LogP contribution is -2.39. The summed E-state index contributed by atoms with van der Waals surface area (Å²) in [6, 6.07) is 8.73. The normalized spacial score (nSPS) is 22.7. The van der Waals surface area contributed by atoms with E-state index in [1.54, 1.807) is 10.7 Å². The van der Waals surface area contributed by atoms with Crippen LogP contribution in [-0.4, -0.2) is 45.9 Å². The van der Waals surface area contributed by atoms with E-state index in [2.05, 4.69) is 15.2 Å². The zero-order chi connectivity index (χ0) is 24.5. The molecule has 2 fully saturated rings. The van der Waals surface area contributed by atoms with Crippen LogP contribution in [0.5, 0.6) is 5.75 Å². The highest BCUT2D eigenvalue weighted by Crippen LogP contribution is 2.39. The lowest BCUT2D eigenvalue weighted by molar-refractivity contribution is -0.0500. The van der Waals surface area contributed by atoms with Gasteiger partial charge in [0.1, 0.15) is 17.1 Å². The topological polar surface area (TPSA) is 79.1 Å². The predicted molar refractivity (Wildman–Crippen MR) is 123 cm³/mol. The Labute approximate surface area is 200 Å². The van der Waals surface area contributed by atoms with Crippen LogP contribution < -0.4 is 15.0 Å². The van der Waals surface area contributed by atoms with Crippen molar-refractivity contribution in [1.82, 2.24) is 14.9 Å². The van der Waals surface area contributed by atoms with Gasteiger partial charge in [0, 0.05) is 24.8 Å². The number of halogens is 3. The van der Waals surface area contributed by atoms with Gasteiger partial charge < -0.3 is 20.1 Å². The molecule has 5 rings (SSSR count). The molecule has 10 heteroatoms. The van der Waals surface area contributed by atoms with Crippen LogP contribution in [0.4, 0.5) is 19.0 Å². The van der Waals surface area contributed by atoms with Crippen LogP contribution in [0.1, 0.15) is 60.5 Å². The number of ether oxygens (including phenoxy) is 1. The fourth-order valence-electron chi connectivity index (χ4n) is 5.20. The quantitative estimate of drug-likeness (QED) is 0.536. The second kappa shape index (κ2) is 9.77. The van der Waals surface area contributed by atoms with Crippen LogP contribution in [0.2, 0.25) is 0 Å². The summed E-state index contributed by atoms with van der Waals surface area (Å²) < 4.78 is 45.9. The molecule has 1 atom stereocenters. The Morgan fingerprint density at radius 1 is 1.14 bits per heavy atom. The third kappa shape index (κ3) is 4.93. The van der Waals surface area contributed by atoms with Gasteiger partial charge in [-0.1, -0.05) is 6.07 Å². The number of hydrogen-bond acceptors (Lipinski definition) is 5. The highest BCUT2D eigenvalue weighted by molar-refractivity contribution is 6.06. The van der Waals surface area contributed by atoms with Crippen molar-refractivity contribution in [3.05, 3.63) is 59.5 Å². The summed E-state index contributed by atoms with van der Waals surface area (Å²) in [7, 11) is 0. The largest absolute Gasteiger partial charge is 0.435 e. The van der Waals surface area contributed by atoms with Gasteiger partial charge in [-0.3, -0.25) is 4.79 Å². The molecule has 2 N–H and O–H groups in total. The van der Waals surface area contributed by atoms with Gasteiger partial charge in [0.25, 0.3) is 5.91 Å². The number of hydrogen-bond donors (Lipinski definition) is 2. The minimum absolute atomic E-state index is 0.0379. The zero-order valence-electron chi connectivity index (χ0n) is 19.0. The van der Waals surface area contributed by atoms with Crippen molar-refractivity contribution in [2.24, 2.45) is 0 Å². The number of rotatable bonds is 6. The maximum Gasteiger partial charge on any atom is 0.387 e. The number of aromatic nitrogens is 2. The second-order valence-electron chi connectivity index (χ2n) is 9.16. The highest BCUT2D eigenvalue weighted by atomic mass is 19.3. The van der Waals surface area contributed by atoms with Gasteiger partial charge in [-0.15, -0.1) is 5.10 Å². The Kier molecular flexibility index (Phi) is 6.55. The number of carbonyl (C=O) groups excluding carboxylic acids is 1. The molecule has 1 amide bonds. The Balaban J connectivity index is 1.49. The van der Waals surface area contributed by atoms with Crippen molar-refractivity contribution in [3.8, 4) is 5.75 Å². The third-order valence-corrected chi connectivity index (χ3v) is 6.81. The molecule has 186 valence electrons. The molecule has 3 aromatic rings. The standard InChI is InChI=1S/C25H27F3N4O3/c26-16-12-15(13-19(14-16)35-25(27)28)20-5-3-10-31(20)23-22(21-4-1-2-11-32(21)30-23)24(34)29-17-6-8-18(33)9-7-17/h1-2,4,11-14,17-18,20,25,33H,3,5-10H2,(H,29,34)/t17?,18?,20-/m1/s1. The molecule has 7 nitrogen and oxygen atoms in total. The summed E-state index contributed by atoms with van der Waals surface area (Å²) in [4.78, 5) is 15.4. The van der Waals surface area contributed by atoms with Crippen molar-refractivity contribution >= 4 is 17.2 Å². The van der Waals surface area contributed by atoms with Crippen molar-refractivity contribution in [2.75, 3.05) is 11.4 Å². The van der Waals surface area contributed by atoms with Crippen LogP contribution in [0.15, 0.2) is 42.6 Å². The number of aliphatic hydroxyl groups excluding tert-OH is 1. The molecule has 1 aromatic carbocycles. The van der Waals surface area contributed by atoms with Gasteiger partial charge in [0.05, 0.1) is 17.7 Å². The molecule has 0 spiro atoms. The first-order chi connectivity index (χ1) is 16.9. The number of pyridine rings is 1. The van der Waals surface area contributed by atoms with E-state index in [-0.39, 0.29) is 29.8 Å². The molecule has 3 heterocycles. The van der Waals surface area contributed by atoms with E-state index in [4.69, 9.17) is 0 Å². The smallest absolute Gasteiger partial charge is 0.387 e. The predicted octanol–water partition coefficient (Wildman–Crippen LogP) is 4.45. The van der Waals surface area contributed by atoms with Crippen LogP contribution in [-0.2, 0) is 0 Å². The molecular formula is C25H27F3N4O3. The van der Waals surface area contributed by atoms with E-state index in [0.717, 1.165) is 12.5 Å². The Morgan fingerprint density at radius 3 is 2.71 bits per heavy atom. The average molecular weight is 489 g/mol. The Morgan fingerprint density at radius 2 is 1.94 bits per heavy atom. The zero-order valence-corrected chi connectivity index (χ0v) is 19.0. The fraction of sp³-hybridized carbons (Fsp3) is 0.440. The molecule has 1 aliphatic carbocycles. The van der Waals surface area contributed by atoms with Crippen LogP contribution in [0, 0.1) is 5.82 Å². The summed E-state index contributed by atoms with van der Waals surface area (Å²) >= 11 is 0. The van der Waals surface area contributed by atoms with Crippen molar-refractivity contribution in [3.63, 3.8) is 0 Å². The first-order valence-electron chi connectivity index (χ1n) is 11.9. The van der Waals surface area contributed by atoms with E-state index in [1.807, 2.05) is 23.1 Å². The molecule has 2 aliphatic rings. The van der Waals surface area contributed by atoms with E-state index in [0.29, 0.717) is 61.1 Å². The molecule has 1 aliphatic heterocycles. The number of carbonyl (C=O) groups is 1. The Bertz CT molecular complexity index is 1210. The molecule has 2 aromatic heterocycles. The van der Waals surface area contributed by atoms with E-state index >= 15 is 0 Å². The lowest BCUT2D eigenvalue weighted by atomic mass is 9.93. The van der Waals surface area contributed by atoms with Gasteiger partial charge in [-0.2, -0.15) is 8.78 Å². The summed E-state index contributed by atoms with van der Waals surface area (Å²) in [6.45, 7) is -2.48. The number of fused-ring (bicyclic) bond motifs is 1. The van der Waals surface area contributed by atoms with Crippen molar-refractivity contribution < 1.29 is 27.8 Å². The molecule has 0 bridgehead atoms. The Hall–Kier alpha value is -3.27. The van der Waals surface area contributed by atoms with Gasteiger partial charge >= 0.3 is 6.61 Å². The van der Waals surface area contributed by atoms with Crippen molar-refractivity contribution in [2.45, 2.75) is 63.3 Å². The first-order valence-corrected chi connectivity index (χ1v) is 11.9. The maximum absolute atomic E-state index is 14.3. The van der Waals surface area contributed by atoms with Gasteiger partial charge in [-0.05, 0) is 68.4 Å². The number of benzene rings is 1. The second-order valence-corrected chi connectivity index (χ2v) is 9.16. The van der Waals surface area contributed by atoms with Gasteiger partial charge in [0.15, 0.2) is 5.82 Å². The minimum atomic E-state index is -3.06. The molecule has 0 radical (unpaired) electrons. The molecule has 1 saturated heterocycles. The van der Waals surface area contributed by atoms with E-state index in [9.17, 15) is 23.1 Å². The number of anilines is 1. The van der Waals surface area contributed by atoms with Gasteiger partial charge in [-0.25, -0.2) is 8.91 Å². The van der Waals surface area contributed by atoms with Crippen molar-refractivity contribution in [1.29, 1.82) is 0 Å². The monoisotopic (exact) mass is 488 g/mol. The maximum atomic E-state index is 14.3. The fourth-order valence-corrected chi connectivity index (χ4v) is 5.20. The molecule has 35 heavy (non-hydrogen) atoms.